The molecule has 0 aromatic carbocycles. The van der Waals surface area contributed by atoms with Crippen LogP contribution in [0, 0.1) is 5.41 Å². The fraction of sp³-hybridized carbons (Fsp3) is 0.600. The normalized spacial score (nSPS) is 16.4. The van der Waals surface area contributed by atoms with E-state index in [9.17, 15) is 9.59 Å². The van der Waals surface area contributed by atoms with Crippen LogP contribution in [-0.4, -0.2) is 47.8 Å². The maximum Gasteiger partial charge on any atom is 0.257 e. The first kappa shape index (κ1) is 14.6. The van der Waals surface area contributed by atoms with Crippen LogP contribution in [0.5, 0.6) is 0 Å². The minimum atomic E-state index is -0.0262. The summed E-state index contributed by atoms with van der Waals surface area (Å²) in [5.41, 5.74) is 0.570. The number of rotatable bonds is 2. The summed E-state index contributed by atoms with van der Waals surface area (Å²) in [4.78, 5) is 27.9. The van der Waals surface area contributed by atoms with Gasteiger partial charge in [0.25, 0.3) is 5.91 Å². The molecule has 0 saturated carbocycles. The van der Waals surface area contributed by atoms with E-state index in [1.165, 1.54) is 12.5 Å². The predicted molar refractivity (Wildman–Crippen MR) is 75.3 cm³/mol. The molecule has 2 heterocycles. The van der Waals surface area contributed by atoms with Gasteiger partial charge in [0.2, 0.25) is 5.91 Å². The van der Waals surface area contributed by atoms with Crippen molar-refractivity contribution in [3.8, 4) is 0 Å². The van der Waals surface area contributed by atoms with Crippen molar-refractivity contribution in [3.05, 3.63) is 24.2 Å². The lowest BCUT2D eigenvalue weighted by atomic mass is 9.91. The third kappa shape index (κ3) is 3.62. The number of carbonyl (C=O) groups is 2. The zero-order valence-electron chi connectivity index (χ0n) is 12.4. The average Bonchev–Trinajstić information content (AvgIpc) is 2.90. The number of carbonyl (C=O) groups excluding carboxylic acids is 2. The Labute approximate surface area is 119 Å². The van der Waals surface area contributed by atoms with Crippen LogP contribution in [0.2, 0.25) is 0 Å². The molecule has 0 N–H and O–H groups in total. The topological polar surface area (TPSA) is 53.8 Å². The first-order chi connectivity index (χ1) is 9.37. The minimum absolute atomic E-state index is 0.000823. The van der Waals surface area contributed by atoms with Crippen molar-refractivity contribution in [2.45, 2.75) is 27.2 Å². The van der Waals surface area contributed by atoms with Crippen LogP contribution in [0.1, 0.15) is 37.6 Å². The number of furan rings is 1. The molecular weight excluding hydrogens is 256 g/mol. The van der Waals surface area contributed by atoms with Crippen molar-refractivity contribution in [1.82, 2.24) is 9.80 Å². The molecular formula is C15H22N2O3. The molecule has 2 amide bonds. The van der Waals surface area contributed by atoms with Crippen molar-refractivity contribution < 1.29 is 14.0 Å². The van der Waals surface area contributed by atoms with E-state index in [1.54, 1.807) is 11.0 Å². The molecule has 1 aliphatic rings. The molecule has 1 saturated heterocycles. The summed E-state index contributed by atoms with van der Waals surface area (Å²) >= 11 is 0. The highest BCUT2D eigenvalue weighted by Crippen LogP contribution is 2.20. The summed E-state index contributed by atoms with van der Waals surface area (Å²) in [5, 5.41) is 0. The Morgan fingerprint density at radius 2 is 1.75 bits per heavy atom. The van der Waals surface area contributed by atoms with Gasteiger partial charge < -0.3 is 14.2 Å². The first-order valence-corrected chi connectivity index (χ1v) is 6.96. The van der Waals surface area contributed by atoms with E-state index in [0.29, 0.717) is 38.2 Å². The van der Waals surface area contributed by atoms with Crippen molar-refractivity contribution in [2.75, 3.05) is 26.2 Å². The van der Waals surface area contributed by atoms with Gasteiger partial charge >= 0.3 is 0 Å². The molecule has 1 fully saturated rings. The molecule has 110 valence electrons. The lowest BCUT2D eigenvalue weighted by Gasteiger charge is -2.35. The summed E-state index contributed by atoms with van der Waals surface area (Å²) in [6.07, 6.45) is 3.50. The summed E-state index contributed by atoms with van der Waals surface area (Å²) in [6.45, 7) is 8.56. The molecule has 2 rings (SSSR count). The van der Waals surface area contributed by atoms with Crippen LogP contribution in [0.25, 0.3) is 0 Å². The molecule has 5 heteroatoms. The van der Waals surface area contributed by atoms with Gasteiger partial charge in [-0.2, -0.15) is 0 Å². The van der Waals surface area contributed by atoms with E-state index < -0.39 is 0 Å². The van der Waals surface area contributed by atoms with Gasteiger partial charge in [0.05, 0.1) is 11.8 Å². The van der Waals surface area contributed by atoms with Gasteiger partial charge in [0.1, 0.15) is 6.26 Å². The quantitative estimate of drug-likeness (QED) is 0.831. The van der Waals surface area contributed by atoms with E-state index in [1.807, 2.05) is 4.90 Å². The molecule has 20 heavy (non-hydrogen) atoms. The lowest BCUT2D eigenvalue weighted by Crippen LogP contribution is -2.51. The van der Waals surface area contributed by atoms with Crippen LogP contribution >= 0.6 is 0 Å². The Morgan fingerprint density at radius 1 is 1.15 bits per heavy atom. The second-order valence-corrected chi connectivity index (χ2v) is 6.42. The smallest absolute Gasteiger partial charge is 0.257 e. The molecule has 5 nitrogen and oxygen atoms in total. The summed E-state index contributed by atoms with van der Waals surface area (Å²) in [7, 11) is 0. The monoisotopic (exact) mass is 278 g/mol. The van der Waals surface area contributed by atoms with Gasteiger partial charge in [0.15, 0.2) is 0 Å². The fourth-order valence-electron chi connectivity index (χ4n) is 2.29. The van der Waals surface area contributed by atoms with Crippen LogP contribution in [0.3, 0.4) is 0 Å². The van der Waals surface area contributed by atoms with Crippen molar-refractivity contribution in [3.63, 3.8) is 0 Å². The van der Waals surface area contributed by atoms with Crippen LogP contribution in [0.4, 0.5) is 0 Å². The van der Waals surface area contributed by atoms with Crippen molar-refractivity contribution >= 4 is 11.8 Å². The number of piperazine rings is 1. The van der Waals surface area contributed by atoms with Crippen LogP contribution in [0.15, 0.2) is 23.0 Å². The fourth-order valence-corrected chi connectivity index (χ4v) is 2.29. The van der Waals surface area contributed by atoms with Crippen molar-refractivity contribution in [2.24, 2.45) is 5.41 Å². The highest BCUT2D eigenvalue weighted by atomic mass is 16.3. The van der Waals surface area contributed by atoms with E-state index in [-0.39, 0.29) is 17.2 Å². The Hall–Kier alpha value is -1.78. The highest BCUT2D eigenvalue weighted by molar-refractivity contribution is 5.94. The Bertz CT molecular complexity index is 466. The number of hydrogen-bond acceptors (Lipinski definition) is 3. The summed E-state index contributed by atoms with van der Waals surface area (Å²) < 4.78 is 4.93. The minimum Gasteiger partial charge on any atom is -0.472 e. The third-order valence-electron chi connectivity index (χ3n) is 3.37. The van der Waals surface area contributed by atoms with Gasteiger partial charge in [-0.3, -0.25) is 9.59 Å². The largest absolute Gasteiger partial charge is 0.472 e. The highest BCUT2D eigenvalue weighted by Gasteiger charge is 2.27. The first-order valence-electron chi connectivity index (χ1n) is 6.96. The molecule has 0 spiro atoms. The van der Waals surface area contributed by atoms with Gasteiger partial charge in [-0.05, 0) is 11.5 Å². The van der Waals surface area contributed by atoms with Crippen LogP contribution in [-0.2, 0) is 4.79 Å². The Balaban J connectivity index is 1.86. The summed E-state index contributed by atoms with van der Waals surface area (Å²) in [5.74, 6) is 0.148. The van der Waals surface area contributed by atoms with Gasteiger partial charge in [-0.1, -0.05) is 20.8 Å². The maximum atomic E-state index is 12.1. The van der Waals surface area contributed by atoms with E-state index >= 15 is 0 Å². The van der Waals surface area contributed by atoms with Gasteiger partial charge in [0, 0.05) is 32.6 Å². The predicted octanol–water partition coefficient (Wildman–Crippen LogP) is 2.00. The second-order valence-electron chi connectivity index (χ2n) is 6.42. The molecule has 0 radical (unpaired) electrons. The molecule has 1 aromatic rings. The SMILES string of the molecule is CC(C)(C)CC(=O)N1CCN(C(=O)c2ccoc2)CC1. The molecule has 0 bridgehead atoms. The maximum absolute atomic E-state index is 12.1. The van der Waals surface area contributed by atoms with E-state index in [2.05, 4.69) is 20.8 Å². The third-order valence-corrected chi connectivity index (χ3v) is 3.37. The van der Waals surface area contributed by atoms with E-state index in [4.69, 9.17) is 4.42 Å². The van der Waals surface area contributed by atoms with Gasteiger partial charge in [-0.15, -0.1) is 0 Å². The van der Waals surface area contributed by atoms with Crippen LogP contribution < -0.4 is 0 Å². The zero-order chi connectivity index (χ0) is 14.8. The molecule has 1 aromatic heterocycles. The Morgan fingerprint density at radius 3 is 2.25 bits per heavy atom. The van der Waals surface area contributed by atoms with Crippen molar-refractivity contribution in [1.29, 1.82) is 0 Å². The molecule has 0 atom stereocenters. The van der Waals surface area contributed by atoms with Gasteiger partial charge in [-0.25, -0.2) is 0 Å². The molecule has 1 aliphatic heterocycles. The number of hydrogen-bond donors (Lipinski definition) is 0. The second kappa shape index (κ2) is 5.69. The lowest BCUT2D eigenvalue weighted by molar-refractivity contribution is -0.134. The Kier molecular flexibility index (Phi) is 4.16. The molecule has 0 unspecified atom stereocenters. The zero-order valence-corrected chi connectivity index (χ0v) is 12.4. The number of amides is 2. The number of nitrogens with zero attached hydrogens (tertiary/aromatic N) is 2. The molecule has 0 aliphatic carbocycles. The standard InChI is InChI=1S/C15H22N2O3/c1-15(2,3)10-13(18)16-5-7-17(8-6-16)14(19)12-4-9-20-11-12/h4,9,11H,5-8,10H2,1-3H3. The average molecular weight is 278 g/mol. The summed E-state index contributed by atoms with van der Waals surface area (Å²) in [6, 6.07) is 1.67. The van der Waals surface area contributed by atoms with E-state index in [0.717, 1.165) is 0 Å².